The molecular formula is C75H140O17P2. The first-order chi connectivity index (χ1) is 45.7. The number of ether oxygens (including phenoxy) is 4. The number of unbranched alkanes of at least 4 members (excludes halogenated alkanes) is 41. The van der Waals surface area contributed by atoms with Gasteiger partial charge in [-0.2, -0.15) is 0 Å². The first kappa shape index (κ1) is 91.3. The smallest absolute Gasteiger partial charge is 0.462 e. The average Bonchev–Trinajstić information content (AvgIpc) is 2.45. The van der Waals surface area contributed by atoms with Gasteiger partial charge in [0, 0.05) is 25.7 Å². The van der Waals surface area contributed by atoms with Crippen LogP contribution in [-0.2, 0) is 65.4 Å². The standard InChI is InChI=1S/C75H140O17P2/c1-5-9-13-17-21-25-29-33-34-38-40-44-48-52-56-60-73(78)86-66-71(92-75(80)62-58-54-50-46-42-37-32-28-24-20-16-12-8-4)68-90-94(83,84)88-64-69(76)63-87-93(81,82)89-67-70(91-74(79)61-57-53-49-45-41-36-31-27-23-19-15-11-7-3)65-85-72(77)59-55-51-47-43-39-35-30-26-22-18-14-10-6-2/h14,18,26,28,30,32,69-71,76H,5-13,15-17,19-25,27,29,31,33-68H2,1-4H3,(H,81,82)(H,83,84)/b18-14-,30-26-,32-28-. The molecule has 19 heteroatoms. The van der Waals surface area contributed by atoms with Gasteiger partial charge in [0.1, 0.15) is 19.3 Å². The number of hydrogen-bond acceptors (Lipinski definition) is 15. The highest BCUT2D eigenvalue weighted by Gasteiger charge is 2.30. The van der Waals surface area contributed by atoms with Crippen LogP contribution >= 0.6 is 15.6 Å². The highest BCUT2D eigenvalue weighted by atomic mass is 31.2. The van der Waals surface area contributed by atoms with E-state index in [0.717, 1.165) is 135 Å². The molecule has 0 rings (SSSR count). The maximum absolute atomic E-state index is 13.1. The predicted molar refractivity (Wildman–Crippen MR) is 381 cm³/mol. The molecular weight excluding hydrogens is 1230 g/mol. The van der Waals surface area contributed by atoms with E-state index in [2.05, 4.69) is 64.2 Å². The Hall–Kier alpha value is -2.72. The molecule has 0 aromatic rings. The van der Waals surface area contributed by atoms with Crippen LogP contribution in [0.25, 0.3) is 0 Å². The van der Waals surface area contributed by atoms with Crippen LogP contribution in [0.4, 0.5) is 0 Å². The molecule has 0 saturated carbocycles. The molecule has 0 aromatic heterocycles. The quantitative estimate of drug-likeness (QED) is 0.0169. The van der Waals surface area contributed by atoms with Crippen LogP contribution in [0.5, 0.6) is 0 Å². The Morgan fingerprint density at radius 1 is 0.298 bits per heavy atom. The lowest BCUT2D eigenvalue weighted by atomic mass is 10.0. The third kappa shape index (κ3) is 67.8. The number of aliphatic hydroxyl groups excluding tert-OH is 1. The summed E-state index contributed by atoms with van der Waals surface area (Å²) in [7, 11) is -9.92. The second-order valence-electron chi connectivity index (χ2n) is 26.0. The van der Waals surface area contributed by atoms with Crippen molar-refractivity contribution in [2.45, 2.75) is 380 Å². The van der Waals surface area contributed by atoms with Crippen molar-refractivity contribution in [1.29, 1.82) is 0 Å². The Morgan fingerprint density at radius 2 is 0.543 bits per heavy atom. The number of carbonyl (C=O) groups excluding carboxylic acids is 4. The molecule has 3 N–H and O–H groups in total. The molecule has 0 aliphatic heterocycles. The van der Waals surface area contributed by atoms with Gasteiger partial charge in [0.15, 0.2) is 12.2 Å². The van der Waals surface area contributed by atoms with Gasteiger partial charge >= 0.3 is 39.5 Å². The third-order valence-electron chi connectivity index (χ3n) is 16.6. The molecule has 5 atom stereocenters. The second kappa shape index (κ2) is 68.8. The van der Waals surface area contributed by atoms with Crippen molar-refractivity contribution in [3.63, 3.8) is 0 Å². The Bertz CT molecular complexity index is 1930. The van der Waals surface area contributed by atoms with Crippen molar-refractivity contribution in [2.24, 2.45) is 0 Å². The molecule has 0 saturated heterocycles. The van der Waals surface area contributed by atoms with Crippen molar-refractivity contribution in [3.8, 4) is 0 Å². The third-order valence-corrected chi connectivity index (χ3v) is 18.5. The normalized spacial score (nSPS) is 14.2. The number of esters is 4. The Balaban J connectivity index is 5.29. The van der Waals surface area contributed by atoms with Crippen LogP contribution < -0.4 is 0 Å². The fraction of sp³-hybridized carbons (Fsp3) is 0.867. The zero-order valence-corrected chi connectivity index (χ0v) is 61.9. The number of carbonyl (C=O) groups is 4. The van der Waals surface area contributed by atoms with Crippen LogP contribution in [0.15, 0.2) is 36.5 Å². The zero-order chi connectivity index (χ0) is 69.0. The fourth-order valence-corrected chi connectivity index (χ4v) is 12.3. The number of aliphatic hydroxyl groups is 1. The Kier molecular flexibility index (Phi) is 66.8. The summed E-state index contributed by atoms with van der Waals surface area (Å²) in [6, 6.07) is 0. The van der Waals surface area contributed by atoms with Crippen molar-refractivity contribution in [3.05, 3.63) is 36.5 Å². The molecule has 0 amide bonds. The Morgan fingerprint density at radius 3 is 0.851 bits per heavy atom. The van der Waals surface area contributed by atoms with Crippen LogP contribution in [0.1, 0.15) is 362 Å². The molecule has 17 nitrogen and oxygen atoms in total. The molecule has 94 heavy (non-hydrogen) atoms. The van der Waals surface area contributed by atoms with E-state index < -0.39 is 97.5 Å². The summed E-state index contributed by atoms with van der Waals surface area (Å²) in [6.07, 6.45) is 62.7. The monoisotopic (exact) mass is 1370 g/mol. The van der Waals surface area contributed by atoms with Gasteiger partial charge in [-0.25, -0.2) is 9.13 Å². The highest BCUT2D eigenvalue weighted by molar-refractivity contribution is 7.47. The van der Waals surface area contributed by atoms with Crippen molar-refractivity contribution < 1.29 is 80.2 Å². The lowest BCUT2D eigenvalue weighted by Gasteiger charge is -2.21. The molecule has 552 valence electrons. The van der Waals surface area contributed by atoms with E-state index in [1.807, 2.05) is 0 Å². The van der Waals surface area contributed by atoms with Crippen LogP contribution in [-0.4, -0.2) is 96.7 Å². The zero-order valence-electron chi connectivity index (χ0n) is 60.2. The lowest BCUT2D eigenvalue weighted by molar-refractivity contribution is -0.161. The van der Waals surface area contributed by atoms with Crippen LogP contribution in [0.3, 0.4) is 0 Å². The minimum Gasteiger partial charge on any atom is -0.462 e. The van der Waals surface area contributed by atoms with Crippen LogP contribution in [0, 0.1) is 0 Å². The first-order valence-electron chi connectivity index (χ1n) is 38.2. The minimum absolute atomic E-state index is 0.0923. The van der Waals surface area contributed by atoms with Gasteiger partial charge in [-0.05, 0) is 77.0 Å². The van der Waals surface area contributed by atoms with Crippen molar-refractivity contribution >= 4 is 39.5 Å². The van der Waals surface area contributed by atoms with Crippen molar-refractivity contribution in [2.75, 3.05) is 39.6 Å². The van der Waals surface area contributed by atoms with E-state index in [4.69, 9.17) is 37.0 Å². The van der Waals surface area contributed by atoms with Gasteiger partial charge in [-0.3, -0.25) is 37.3 Å². The molecule has 0 aliphatic carbocycles. The highest BCUT2D eigenvalue weighted by Crippen LogP contribution is 2.45. The summed E-state index contributed by atoms with van der Waals surface area (Å²) in [5.74, 6) is -2.16. The largest absolute Gasteiger partial charge is 0.472 e. The molecule has 0 fully saturated rings. The first-order valence-corrected chi connectivity index (χ1v) is 41.2. The molecule has 0 radical (unpaired) electrons. The van der Waals surface area contributed by atoms with Gasteiger partial charge < -0.3 is 33.8 Å². The SMILES string of the molecule is CCC/C=C\C/C=C\CCCCCCCC(=O)OCC(COP(=O)(O)OCC(O)COP(=O)(O)OCC(COC(=O)CCCCCCCCCCCCCCCCC)OC(=O)CCCCCCC/C=C\CCCCCC)OC(=O)CCCCCCCCCCCCCCC. The molecule has 0 heterocycles. The van der Waals surface area contributed by atoms with Gasteiger partial charge in [0.2, 0.25) is 0 Å². The average molecular weight is 1380 g/mol. The van der Waals surface area contributed by atoms with E-state index in [1.165, 1.54) is 148 Å². The number of phosphoric acid groups is 2. The van der Waals surface area contributed by atoms with Gasteiger partial charge in [0.05, 0.1) is 26.4 Å². The summed E-state index contributed by atoms with van der Waals surface area (Å²) in [5.41, 5.74) is 0. The second-order valence-corrected chi connectivity index (χ2v) is 28.9. The summed E-state index contributed by atoms with van der Waals surface area (Å²) in [4.78, 5) is 72.7. The number of rotatable bonds is 73. The molecule has 5 unspecified atom stereocenters. The summed E-state index contributed by atoms with van der Waals surface area (Å²) in [5, 5.41) is 10.6. The molecule has 0 bridgehead atoms. The fourth-order valence-electron chi connectivity index (χ4n) is 10.7. The maximum Gasteiger partial charge on any atom is 0.472 e. The lowest BCUT2D eigenvalue weighted by Crippen LogP contribution is -2.30. The van der Waals surface area contributed by atoms with Crippen molar-refractivity contribution in [1.82, 2.24) is 0 Å². The predicted octanol–water partition coefficient (Wildman–Crippen LogP) is 21.6. The van der Waals surface area contributed by atoms with E-state index in [1.54, 1.807) is 0 Å². The summed E-state index contributed by atoms with van der Waals surface area (Å²) >= 11 is 0. The number of allylic oxidation sites excluding steroid dienone is 6. The maximum atomic E-state index is 13.1. The van der Waals surface area contributed by atoms with Gasteiger partial charge in [-0.15, -0.1) is 0 Å². The summed E-state index contributed by atoms with van der Waals surface area (Å²) in [6.45, 7) is 4.84. The van der Waals surface area contributed by atoms with E-state index in [0.29, 0.717) is 25.7 Å². The summed E-state index contributed by atoms with van der Waals surface area (Å²) < 4.78 is 68.4. The molecule has 0 spiro atoms. The number of hydrogen-bond donors (Lipinski definition) is 3. The Labute approximate surface area is 573 Å². The van der Waals surface area contributed by atoms with Gasteiger partial charge in [-0.1, -0.05) is 295 Å². The number of phosphoric ester groups is 2. The minimum atomic E-state index is -4.96. The molecule has 0 aromatic carbocycles. The van der Waals surface area contributed by atoms with E-state index >= 15 is 0 Å². The van der Waals surface area contributed by atoms with E-state index in [-0.39, 0.29) is 25.7 Å². The molecule has 0 aliphatic rings. The van der Waals surface area contributed by atoms with Gasteiger partial charge in [0.25, 0.3) is 0 Å². The topological polar surface area (TPSA) is 237 Å². The van der Waals surface area contributed by atoms with Crippen LogP contribution in [0.2, 0.25) is 0 Å². The van der Waals surface area contributed by atoms with E-state index in [9.17, 15) is 43.2 Å².